The third-order valence-corrected chi connectivity index (χ3v) is 8.47. The first kappa shape index (κ1) is 28.5. The monoisotopic (exact) mass is 528 g/mol. The number of anilines is 1. The van der Waals surface area contributed by atoms with Crippen molar-refractivity contribution < 1.29 is 4.79 Å². The fourth-order valence-corrected chi connectivity index (χ4v) is 6.74. The van der Waals surface area contributed by atoms with Gasteiger partial charge >= 0.3 is 0 Å². The molecular weight excluding hydrogens is 488 g/mol. The van der Waals surface area contributed by atoms with Crippen LogP contribution in [0, 0.1) is 30.1 Å². The van der Waals surface area contributed by atoms with Gasteiger partial charge in [-0.1, -0.05) is 77.4 Å². The second-order valence-corrected chi connectivity index (χ2v) is 12.1. The van der Waals surface area contributed by atoms with E-state index in [4.69, 9.17) is 12.2 Å². The first-order valence-electron chi connectivity index (χ1n) is 13.4. The van der Waals surface area contributed by atoms with Crippen molar-refractivity contribution in [3.8, 4) is 6.07 Å². The maximum Gasteiger partial charge on any atom is 0.270 e. The summed E-state index contributed by atoms with van der Waals surface area (Å²) in [6.45, 7) is 13.4. The molecule has 2 aliphatic heterocycles. The van der Waals surface area contributed by atoms with Crippen molar-refractivity contribution in [1.82, 2.24) is 9.47 Å². The summed E-state index contributed by atoms with van der Waals surface area (Å²) in [6, 6.07) is 2.14. The standard InChI is InChI=1S/C28H40N4O2S2/c1-6-8-9-10-11-13-32-27(34)24(36-28(32)35)15-22-21(5)23(16-29)26(33)31(12-7-2)25(22)30-17-19(3)14-20(4)18-30/h15,19-20H,6-14,17-18H2,1-5H3/b24-15-. The molecule has 2 aliphatic rings. The number of thiocarbonyl (C=S) groups is 1. The number of piperidine rings is 1. The summed E-state index contributed by atoms with van der Waals surface area (Å²) in [7, 11) is 0. The Labute approximate surface area is 225 Å². The highest BCUT2D eigenvalue weighted by Crippen LogP contribution is 2.37. The van der Waals surface area contributed by atoms with Crippen LogP contribution in [0.5, 0.6) is 0 Å². The van der Waals surface area contributed by atoms with Crippen molar-refractivity contribution in [2.75, 3.05) is 24.5 Å². The Kier molecular flexibility index (Phi) is 10.2. The van der Waals surface area contributed by atoms with Gasteiger partial charge < -0.3 is 4.90 Å². The molecule has 0 N–H and O–H groups in total. The van der Waals surface area contributed by atoms with Crippen LogP contribution in [0.25, 0.3) is 6.08 Å². The average molecular weight is 529 g/mol. The fraction of sp³-hybridized carbons (Fsp3) is 0.643. The molecule has 0 bridgehead atoms. The van der Waals surface area contributed by atoms with Crippen LogP contribution in [0.15, 0.2) is 9.70 Å². The lowest BCUT2D eigenvalue weighted by Crippen LogP contribution is -2.43. The molecule has 1 aromatic heterocycles. The Morgan fingerprint density at radius 3 is 2.33 bits per heavy atom. The first-order valence-corrected chi connectivity index (χ1v) is 14.6. The number of nitriles is 1. The van der Waals surface area contributed by atoms with Gasteiger partial charge in [-0.05, 0) is 49.7 Å². The molecule has 0 aromatic carbocycles. The summed E-state index contributed by atoms with van der Waals surface area (Å²) in [5.41, 5.74) is 1.35. The number of hydrogen-bond acceptors (Lipinski definition) is 6. The predicted octanol–water partition coefficient (Wildman–Crippen LogP) is 6.09. The van der Waals surface area contributed by atoms with Crippen molar-refractivity contribution >= 4 is 46.1 Å². The number of hydrogen-bond donors (Lipinski definition) is 0. The van der Waals surface area contributed by atoms with Crippen molar-refractivity contribution in [3.63, 3.8) is 0 Å². The quantitative estimate of drug-likeness (QED) is 0.208. The van der Waals surface area contributed by atoms with Gasteiger partial charge in [-0.25, -0.2) is 0 Å². The molecule has 8 heteroatoms. The predicted molar refractivity (Wildman–Crippen MR) is 154 cm³/mol. The Hall–Kier alpha value is -2.11. The van der Waals surface area contributed by atoms with E-state index in [9.17, 15) is 14.9 Å². The van der Waals surface area contributed by atoms with E-state index in [1.54, 1.807) is 9.47 Å². The first-order chi connectivity index (χ1) is 17.2. The summed E-state index contributed by atoms with van der Waals surface area (Å²) >= 11 is 6.91. The molecule has 196 valence electrons. The molecule has 0 saturated carbocycles. The van der Waals surface area contributed by atoms with E-state index < -0.39 is 0 Å². The van der Waals surface area contributed by atoms with Crippen LogP contribution < -0.4 is 10.5 Å². The number of thioether (sulfide) groups is 1. The van der Waals surface area contributed by atoms with Gasteiger partial charge in [-0.2, -0.15) is 5.26 Å². The lowest BCUT2D eigenvalue weighted by atomic mass is 9.91. The number of amides is 1. The zero-order chi connectivity index (χ0) is 26.4. The number of carbonyl (C=O) groups is 1. The largest absolute Gasteiger partial charge is 0.357 e. The minimum absolute atomic E-state index is 0.0713. The van der Waals surface area contributed by atoms with Crippen LogP contribution in [0.4, 0.5) is 5.82 Å². The number of nitrogens with zero attached hydrogens (tertiary/aromatic N) is 4. The second kappa shape index (κ2) is 12.9. The van der Waals surface area contributed by atoms with Crippen molar-refractivity contribution in [1.29, 1.82) is 5.26 Å². The lowest BCUT2D eigenvalue weighted by Gasteiger charge is -2.39. The topological polar surface area (TPSA) is 69.3 Å². The molecule has 1 amide bonds. The highest BCUT2D eigenvalue weighted by Gasteiger charge is 2.33. The summed E-state index contributed by atoms with van der Waals surface area (Å²) in [4.78, 5) is 31.3. The summed E-state index contributed by atoms with van der Waals surface area (Å²) in [5.74, 6) is 1.75. The van der Waals surface area contributed by atoms with Crippen molar-refractivity contribution in [3.05, 3.63) is 31.9 Å². The summed E-state index contributed by atoms with van der Waals surface area (Å²) in [5, 5.41) is 9.86. The summed E-state index contributed by atoms with van der Waals surface area (Å²) < 4.78 is 2.35. The highest BCUT2D eigenvalue weighted by atomic mass is 32.2. The van der Waals surface area contributed by atoms with Crippen LogP contribution >= 0.6 is 24.0 Å². The molecule has 2 fully saturated rings. The molecule has 0 radical (unpaired) electrons. The second-order valence-electron chi connectivity index (χ2n) is 10.4. The lowest BCUT2D eigenvalue weighted by molar-refractivity contribution is -0.122. The molecule has 3 rings (SSSR count). The van der Waals surface area contributed by atoms with Gasteiger partial charge in [0.25, 0.3) is 11.5 Å². The number of unbranched alkanes of at least 4 members (excludes halogenated alkanes) is 4. The highest BCUT2D eigenvalue weighted by molar-refractivity contribution is 8.26. The molecule has 2 saturated heterocycles. The van der Waals surface area contributed by atoms with E-state index in [0.717, 1.165) is 50.2 Å². The van der Waals surface area contributed by atoms with Crippen LogP contribution in [-0.4, -0.2) is 39.3 Å². The Balaban J connectivity index is 2.06. The van der Waals surface area contributed by atoms with E-state index in [1.165, 1.54) is 31.0 Å². The van der Waals surface area contributed by atoms with Crippen LogP contribution in [0.3, 0.4) is 0 Å². The molecule has 2 unspecified atom stereocenters. The minimum Gasteiger partial charge on any atom is -0.357 e. The van der Waals surface area contributed by atoms with Crippen molar-refractivity contribution in [2.45, 2.75) is 86.1 Å². The number of carbonyl (C=O) groups excluding carboxylic acids is 1. The van der Waals surface area contributed by atoms with E-state index in [2.05, 4.69) is 31.7 Å². The summed E-state index contributed by atoms with van der Waals surface area (Å²) in [6.07, 6.45) is 9.41. The molecule has 36 heavy (non-hydrogen) atoms. The molecule has 0 spiro atoms. The zero-order valence-electron chi connectivity index (χ0n) is 22.4. The van der Waals surface area contributed by atoms with Crippen LogP contribution in [0.2, 0.25) is 0 Å². The molecule has 2 atom stereocenters. The number of pyridine rings is 1. The van der Waals surface area contributed by atoms with E-state index >= 15 is 0 Å². The SMILES string of the molecule is CCCCCCCN1C(=O)/C(=C/c2c(C)c(C#N)c(=O)n(CCC)c2N2CC(C)CC(C)C2)SC1=S. The third-order valence-electron chi connectivity index (χ3n) is 7.10. The van der Waals surface area contributed by atoms with Gasteiger partial charge in [0.1, 0.15) is 21.8 Å². The number of aromatic nitrogens is 1. The van der Waals surface area contributed by atoms with Gasteiger partial charge in [0, 0.05) is 31.7 Å². The average Bonchev–Trinajstić information content (AvgIpc) is 3.09. The van der Waals surface area contributed by atoms with Gasteiger partial charge in [-0.3, -0.25) is 19.1 Å². The Morgan fingerprint density at radius 2 is 1.72 bits per heavy atom. The van der Waals surface area contributed by atoms with Crippen LogP contribution in [-0.2, 0) is 11.3 Å². The van der Waals surface area contributed by atoms with Crippen LogP contribution in [0.1, 0.15) is 89.3 Å². The molecule has 0 aliphatic carbocycles. The molecule has 1 aromatic rings. The third kappa shape index (κ3) is 6.23. The van der Waals surface area contributed by atoms with Gasteiger partial charge in [0.15, 0.2) is 0 Å². The van der Waals surface area contributed by atoms with E-state index in [0.29, 0.717) is 39.7 Å². The van der Waals surface area contributed by atoms with E-state index in [-0.39, 0.29) is 17.0 Å². The van der Waals surface area contributed by atoms with Crippen molar-refractivity contribution in [2.24, 2.45) is 11.8 Å². The molecule has 3 heterocycles. The van der Waals surface area contributed by atoms with E-state index in [1.807, 2.05) is 19.9 Å². The maximum absolute atomic E-state index is 13.4. The van der Waals surface area contributed by atoms with Gasteiger partial charge in [-0.15, -0.1) is 0 Å². The smallest absolute Gasteiger partial charge is 0.270 e. The number of rotatable bonds is 10. The van der Waals surface area contributed by atoms with Gasteiger partial charge in [0.05, 0.1) is 4.91 Å². The zero-order valence-corrected chi connectivity index (χ0v) is 24.1. The Bertz CT molecular complexity index is 1110. The molecular formula is C28H40N4O2S2. The van der Waals surface area contributed by atoms with Gasteiger partial charge in [0.2, 0.25) is 0 Å². The Morgan fingerprint density at radius 1 is 1.06 bits per heavy atom. The maximum atomic E-state index is 13.4. The fourth-order valence-electron chi connectivity index (χ4n) is 5.45. The molecule has 6 nitrogen and oxygen atoms in total. The normalized spacial score (nSPS) is 21.5. The minimum atomic E-state index is -0.241.